The van der Waals surface area contributed by atoms with Gasteiger partial charge in [0.1, 0.15) is 0 Å². The van der Waals surface area contributed by atoms with Crippen LogP contribution in [0.3, 0.4) is 0 Å². The molecule has 0 spiro atoms. The van der Waals surface area contributed by atoms with Crippen LogP contribution in [0.5, 0.6) is 0 Å². The van der Waals surface area contributed by atoms with Gasteiger partial charge < -0.3 is 0 Å². The Kier molecular flexibility index (Phi) is 7.63. The predicted molar refractivity (Wildman–Crippen MR) is 61.2 cm³/mol. The molecule has 0 radical (unpaired) electrons. The first-order valence-corrected chi connectivity index (χ1v) is 4.85. The van der Waals surface area contributed by atoms with E-state index in [1.807, 2.05) is 6.07 Å². The van der Waals surface area contributed by atoms with Crippen LogP contribution in [-0.4, -0.2) is 0 Å². The van der Waals surface area contributed by atoms with Crippen molar-refractivity contribution in [3.05, 3.63) is 54.6 Å². The minimum atomic E-state index is 0. The summed E-state index contributed by atoms with van der Waals surface area (Å²) in [7, 11) is 2.76. The average Bonchev–Trinajstić information content (AvgIpc) is 2.20. The van der Waals surface area contributed by atoms with Crippen molar-refractivity contribution in [2.75, 3.05) is 0 Å². The first-order chi connectivity index (χ1) is 6.38. The summed E-state index contributed by atoms with van der Waals surface area (Å²) in [5.74, 6) is 0. The van der Waals surface area contributed by atoms with Crippen molar-refractivity contribution in [1.29, 1.82) is 0 Å². The first kappa shape index (κ1) is 15.2. The van der Waals surface area contributed by atoms with Crippen LogP contribution >= 0.6 is 9.24 Å². The van der Waals surface area contributed by atoms with Crippen LogP contribution in [-0.2, 0) is 42.1 Å². The monoisotopic (exact) mass is 554 g/mol. The third-order valence-electron chi connectivity index (χ3n) is 2.05. The Morgan fingerprint density at radius 3 is 1.80 bits per heavy atom. The Balaban J connectivity index is 0.000000980. The summed E-state index contributed by atoms with van der Waals surface area (Å²) < 4.78 is 0. The molecule has 0 nitrogen and oxygen atoms in total. The Morgan fingerprint density at radius 2 is 1.20 bits per heavy atom. The van der Waals surface area contributed by atoms with E-state index in [0.29, 0.717) is 0 Å². The number of hydrogen-bond acceptors (Lipinski definition) is 0. The van der Waals surface area contributed by atoms with E-state index in [4.69, 9.17) is 0 Å². The molecular weight excluding hydrogens is 543 g/mol. The van der Waals surface area contributed by atoms with E-state index < -0.39 is 0 Å². The van der Waals surface area contributed by atoms with Gasteiger partial charge in [-0.1, -0.05) is 54.6 Å². The van der Waals surface area contributed by atoms with Crippen LogP contribution in [0.2, 0.25) is 0 Å². The molecule has 0 fully saturated rings. The molecule has 2 aromatic carbocycles. The molecule has 0 amide bonds. The molecule has 2 rings (SSSR count). The van der Waals surface area contributed by atoms with Gasteiger partial charge in [0.2, 0.25) is 0 Å². The Bertz CT molecular complexity index is 401. The fourth-order valence-corrected chi connectivity index (χ4v) is 1.75. The summed E-state index contributed by atoms with van der Waals surface area (Å²) in [6.45, 7) is 0. The maximum atomic E-state index is 2.76. The van der Waals surface area contributed by atoms with E-state index in [0.717, 1.165) is 0 Å². The van der Waals surface area contributed by atoms with Crippen molar-refractivity contribution in [2.24, 2.45) is 0 Å². The third-order valence-corrected chi connectivity index (χ3v) is 2.55. The van der Waals surface area contributed by atoms with Crippen LogP contribution in [0.4, 0.5) is 0 Å². The van der Waals surface area contributed by atoms with Gasteiger partial charge in [-0.25, -0.2) is 0 Å². The van der Waals surface area contributed by atoms with Gasteiger partial charge in [-0.15, -0.1) is 9.24 Å². The maximum Gasteiger partial charge on any atom is 0 e. The van der Waals surface area contributed by atoms with Crippen molar-refractivity contribution < 1.29 is 42.1 Å². The smallest absolute Gasteiger partial charge is 0 e. The van der Waals surface area contributed by atoms with Gasteiger partial charge >= 0.3 is 0 Å². The molecular formula is C12H11PW2. The van der Waals surface area contributed by atoms with E-state index >= 15 is 0 Å². The molecule has 0 aliphatic heterocycles. The largest absolute Gasteiger partial charge is 0.105 e. The first-order valence-electron chi connectivity index (χ1n) is 4.28. The summed E-state index contributed by atoms with van der Waals surface area (Å²) in [5.41, 5.74) is 2.56. The van der Waals surface area contributed by atoms with E-state index in [-0.39, 0.29) is 42.1 Å². The molecule has 15 heavy (non-hydrogen) atoms. The van der Waals surface area contributed by atoms with Crippen LogP contribution in [0.25, 0.3) is 11.1 Å². The van der Waals surface area contributed by atoms with Crippen molar-refractivity contribution in [3.63, 3.8) is 0 Å². The molecule has 76 valence electrons. The number of benzene rings is 2. The van der Waals surface area contributed by atoms with Gasteiger partial charge in [-0.3, -0.25) is 0 Å². The molecule has 2 aromatic rings. The molecule has 0 bridgehead atoms. The minimum absolute atomic E-state index is 0. The van der Waals surface area contributed by atoms with Gasteiger partial charge in [-0.2, -0.15) is 0 Å². The Hall–Kier alpha value is 0.247. The zero-order chi connectivity index (χ0) is 9.10. The summed E-state index contributed by atoms with van der Waals surface area (Å²) in [5, 5.41) is 1.24. The molecule has 0 saturated carbocycles. The Labute approximate surface area is 122 Å². The number of hydrogen-bond donors (Lipinski definition) is 0. The summed E-state index contributed by atoms with van der Waals surface area (Å²) >= 11 is 0. The third kappa shape index (κ3) is 3.95. The quantitative estimate of drug-likeness (QED) is 0.477. The topological polar surface area (TPSA) is 0 Å². The molecule has 3 heteroatoms. The van der Waals surface area contributed by atoms with Crippen molar-refractivity contribution in [2.45, 2.75) is 0 Å². The fraction of sp³-hybridized carbons (Fsp3) is 0. The zero-order valence-corrected chi connectivity index (χ0v) is 15.1. The number of rotatable bonds is 1. The van der Waals surface area contributed by atoms with E-state index in [9.17, 15) is 0 Å². The van der Waals surface area contributed by atoms with Crippen molar-refractivity contribution in [3.8, 4) is 11.1 Å². The summed E-state index contributed by atoms with van der Waals surface area (Å²) in [6, 6.07) is 18.8. The molecule has 0 aromatic heterocycles. The average molecular weight is 554 g/mol. The second-order valence-corrected chi connectivity index (χ2v) is 3.58. The molecule has 1 unspecified atom stereocenters. The van der Waals surface area contributed by atoms with Crippen molar-refractivity contribution >= 4 is 14.5 Å². The van der Waals surface area contributed by atoms with Crippen LogP contribution < -0.4 is 5.30 Å². The van der Waals surface area contributed by atoms with Gasteiger partial charge in [-0.05, 0) is 16.4 Å². The second-order valence-electron chi connectivity index (χ2n) is 2.95. The molecule has 0 heterocycles. The van der Waals surface area contributed by atoms with E-state index in [2.05, 4.69) is 57.8 Å². The molecule has 0 aliphatic rings. The van der Waals surface area contributed by atoms with Gasteiger partial charge in [0, 0.05) is 42.1 Å². The Morgan fingerprint density at radius 1 is 0.667 bits per heavy atom. The van der Waals surface area contributed by atoms with Crippen LogP contribution in [0.15, 0.2) is 54.6 Å². The van der Waals surface area contributed by atoms with Crippen LogP contribution in [0, 0.1) is 0 Å². The molecule has 0 saturated heterocycles. The SMILES string of the molecule is Pc1ccccc1-c1ccccc1.[W].[W]. The standard InChI is InChI=1S/C12H11P.2W/c13-12-9-5-4-8-11(12)10-6-2-1-3-7-10;;/h1-9H,13H2;;. The molecule has 1 atom stereocenters. The predicted octanol–water partition coefficient (Wildman–Crippen LogP) is 2.85. The normalized spacial score (nSPS) is 8.60. The molecule has 0 aliphatic carbocycles. The second kappa shape index (κ2) is 7.51. The van der Waals surface area contributed by atoms with Crippen molar-refractivity contribution in [1.82, 2.24) is 0 Å². The molecule has 0 N–H and O–H groups in total. The van der Waals surface area contributed by atoms with E-state index in [1.165, 1.54) is 16.4 Å². The maximum absolute atomic E-state index is 2.76. The van der Waals surface area contributed by atoms with Gasteiger partial charge in [0.25, 0.3) is 0 Å². The van der Waals surface area contributed by atoms with E-state index in [1.54, 1.807) is 0 Å². The summed E-state index contributed by atoms with van der Waals surface area (Å²) in [6.07, 6.45) is 0. The zero-order valence-electron chi connectivity index (χ0n) is 8.09. The minimum Gasteiger partial charge on any atom is -0.105 e. The summed E-state index contributed by atoms with van der Waals surface area (Å²) in [4.78, 5) is 0. The van der Waals surface area contributed by atoms with Gasteiger partial charge in [0.05, 0.1) is 0 Å². The van der Waals surface area contributed by atoms with Crippen LogP contribution in [0.1, 0.15) is 0 Å². The van der Waals surface area contributed by atoms with Gasteiger partial charge in [0.15, 0.2) is 0 Å². The fourth-order valence-electron chi connectivity index (χ4n) is 1.38.